The number of pyridine rings is 1. The molecule has 3 rings (SSSR count). The summed E-state index contributed by atoms with van der Waals surface area (Å²) in [5, 5.41) is 0.601. The maximum absolute atomic E-state index is 13.2. The van der Waals surface area contributed by atoms with E-state index in [4.69, 9.17) is 5.73 Å². The highest BCUT2D eigenvalue weighted by Crippen LogP contribution is 2.41. The van der Waals surface area contributed by atoms with Gasteiger partial charge >= 0.3 is 6.18 Å². The van der Waals surface area contributed by atoms with Gasteiger partial charge in [0.1, 0.15) is 0 Å². The molecule has 1 aromatic carbocycles. The lowest BCUT2D eigenvalue weighted by Gasteiger charge is -2.32. The molecule has 0 aliphatic heterocycles. The second kappa shape index (κ2) is 5.54. The second-order valence-electron chi connectivity index (χ2n) is 6.37. The first-order valence-corrected chi connectivity index (χ1v) is 7.56. The second-order valence-corrected chi connectivity index (χ2v) is 6.37. The van der Waals surface area contributed by atoms with Crippen LogP contribution in [0.4, 0.5) is 13.2 Å². The summed E-state index contributed by atoms with van der Waals surface area (Å²) in [5.41, 5.74) is 6.42. The zero-order chi connectivity index (χ0) is 15.9. The fourth-order valence-electron chi connectivity index (χ4n) is 3.69. The highest BCUT2D eigenvalue weighted by molar-refractivity contribution is 5.86. The van der Waals surface area contributed by atoms with Gasteiger partial charge < -0.3 is 5.73 Å². The Bertz CT molecular complexity index is 671. The summed E-state index contributed by atoms with van der Waals surface area (Å²) < 4.78 is 39.5. The fraction of sp³-hybridized carbons (Fsp3) is 0.471. The molecule has 0 bridgehead atoms. The van der Waals surface area contributed by atoms with Crippen LogP contribution in [0.25, 0.3) is 10.9 Å². The van der Waals surface area contributed by atoms with Gasteiger partial charge in [-0.3, -0.25) is 4.98 Å². The summed E-state index contributed by atoms with van der Waals surface area (Å²) in [7, 11) is 0. The van der Waals surface area contributed by atoms with Crippen LogP contribution >= 0.6 is 0 Å². The minimum Gasteiger partial charge on any atom is -0.328 e. The molecule has 2 nitrogen and oxygen atoms in total. The average molecular weight is 308 g/mol. The molecule has 2 N–H and O–H groups in total. The molecule has 1 heterocycles. The number of fused-ring (bicyclic) bond motifs is 1. The lowest BCUT2D eigenvalue weighted by Crippen LogP contribution is -2.31. The lowest BCUT2D eigenvalue weighted by atomic mass is 9.75. The Morgan fingerprint density at radius 2 is 1.91 bits per heavy atom. The molecule has 3 atom stereocenters. The van der Waals surface area contributed by atoms with Gasteiger partial charge in [0.25, 0.3) is 0 Å². The van der Waals surface area contributed by atoms with E-state index in [1.807, 2.05) is 0 Å². The third-order valence-corrected chi connectivity index (χ3v) is 4.53. The van der Waals surface area contributed by atoms with Gasteiger partial charge in [0, 0.05) is 17.6 Å². The number of hydrogen-bond acceptors (Lipinski definition) is 2. The van der Waals surface area contributed by atoms with Gasteiger partial charge in [0.2, 0.25) is 0 Å². The van der Waals surface area contributed by atoms with E-state index in [-0.39, 0.29) is 17.5 Å². The van der Waals surface area contributed by atoms with Gasteiger partial charge in [-0.25, -0.2) is 0 Å². The summed E-state index contributed by atoms with van der Waals surface area (Å²) >= 11 is 0. The molecule has 0 saturated heterocycles. The van der Waals surface area contributed by atoms with Crippen LogP contribution in [0.15, 0.2) is 30.5 Å². The van der Waals surface area contributed by atoms with Crippen molar-refractivity contribution < 1.29 is 13.2 Å². The SMILES string of the molecule is C[C@@H]1C[C@H](N)C[C@@H](c2ccc(C(F)(F)F)c3ncccc23)C1. The maximum atomic E-state index is 13.2. The van der Waals surface area contributed by atoms with Crippen LogP contribution in [0, 0.1) is 5.92 Å². The molecule has 1 aliphatic carbocycles. The van der Waals surface area contributed by atoms with Crippen molar-refractivity contribution in [1.82, 2.24) is 4.98 Å². The smallest absolute Gasteiger partial charge is 0.328 e. The summed E-state index contributed by atoms with van der Waals surface area (Å²) in [5.74, 6) is 0.690. The lowest BCUT2D eigenvalue weighted by molar-refractivity contribution is -0.136. The third-order valence-electron chi connectivity index (χ3n) is 4.53. The van der Waals surface area contributed by atoms with Crippen molar-refractivity contribution in [2.75, 3.05) is 0 Å². The first-order valence-electron chi connectivity index (χ1n) is 7.56. The summed E-state index contributed by atoms with van der Waals surface area (Å²) in [6.07, 6.45) is -0.214. The monoisotopic (exact) mass is 308 g/mol. The molecule has 2 aromatic rings. The zero-order valence-corrected chi connectivity index (χ0v) is 12.4. The van der Waals surface area contributed by atoms with E-state index in [2.05, 4.69) is 11.9 Å². The van der Waals surface area contributed by atoms with E-state index in [0.29, 0.717) is 11.3 Å². The van der Waals surface area contributed by atoms with Crippen molar-refractivity contribution >= 4 is 10.9 Å². The molecule has 0 amide bonds. The predicted molar refractivity (Wildman–Crippen MR) is 80.5 cm³/mol. The van der Waals surface area contributed by atoms with Gasteiger partial charge in [-0.1, -0.05) is 19.1 Å². The van der Waals surface area contributed by atoms with Crippen LogP contribution in [-0.2, 0) is 6.18 Å². The van der Waals surface area contributed by atoms with Crippen molar-refractivity contribution in [2.24, 2.45) is 11.7 Å². The average Bonchev–Trinajstić information content (AvgIpc) is 2.44. The van der Waals surface area contributed by atoms with E-state index >= 15 is 0 Å². The number of rotatable bonds is 1. The third kappa shape index (κ3) is 2.82. The topological polar surface area (TPSA) is 38.9 Å². The van der Waals surface area contributed by atoms with Gasteiger partial charge in [-0.2, -0.15) is 13.2 Å². The number of alkyl halides is 3. The van der Waals surface area contributed by atoms with E-state index in [1.165, 1.54) is 6.20 Å². The van der Waals surface area contributed by atoms with Crippen LogP contribution in [0.5, 0.6) is 0 Å². The number of halogens is 3. The molecule has 0 spiro atoms. The molecule has 5 heteroatoms. The minimum atomic E-state index is -4.39. The first-order chi connectivity index (χ1) is 10.4. The van der Waals surface area contributed by atoms with Crippen molar-refractivity contribution in [3.63, 3.8) is 0 Å². The Labute approximate surface area is 127 Å². The van der Waals surface area contributed by atoms with Crippen molar-refractivity contribution in [3.8, 4) is 0 Å². The molecule has 22 heavy (non-hydrogen) atoms. The summed E-state index contributed by atoms with van der Waals surface area (Å²) in [6, 6.07) is 6.32. The molecular formula is C17H19F3N2. The largest absolute Gasteiger partial charge is 0.418 e. The predicted octanol–water partition coefficient (Wildman–Crippen LogP) is 4.48. The number of benzene rings is 1. The van der Waals surface area contributed by atoms with Crippen LogP contribution < -0.4 is 5.73 Å². The van der Waals surface area contributed by atoms with Crippen LogP contribution in [0.1, 0.15) is 43.2 Å². The van der Waals surface area contributed by atoms with Crippen LogP contribution in [-0.4, -0.2) is 11.0 Å². The summed E-state index contributed by atoms with van der Waals surface area (Å²) in [6.45, 7) is 2.15. The zero-order valence-electron chi connectivity index (χ0n) is 12.4. The van der Waals surface area contributed by atoms with Crippen LogP contribution in [0.3, 0.4) is 0 Å². The van der Waals surface area contributed by atoms with E-state index in [1.54, 1.807) is 18.2 Å². The number of hydrogen-bond donors (Lipinski definition) is 1. The Balaban J connectivity index is 2.12. The Hall–Kier alpha value is -1.62. The van der Waals surface area contributed by atoms with E-state index in [0.717, 1.165) is 30.9 Å². The standard InChI is InChI=1S/C17H19F3N2/c1-10-7-11(9-12(21)8-10)13-4-5-15(17(18,19)20)16-14(13)3-2-6-22-16/h2-6,10-12H,7-9,21H2,1H3/t10-,11-,12-/m0/s1. The fourth-order valence-corrected chi connectivity index (χ4v) is 3.69. The number of aromatic nitrogens is 1. The van der Waals surface area contributed by atoms with Gasteiger partial charge in [-0.05, 0) is 48.8 Å². The molecule has 0 unspecified atom stereocenters. The van der Waals surface area contributed by atoms with Gasteiger partial charge in [0.05, 0.1) is 11.1 Å². The highest BCUT2D eigenvalue weighted by atomic mass is 19.4. The maximum Gasteiger partial charge on any atom is 0.418 e. The highest BCUT2D eigenvalue weighted by Gasteiger charge is 2.35. The summed E-state index contributed by atoms with van der Waals surface area (Å²) in [4.78, 5) is 3.99. The van der Waals surface area contributed by atoms with Crippen molar-refractivity contribution in [3.05, 3.63) is 41.6 Å². The van der Waals surface area contributed by atoms with E-state index < -0.39 is 11.7 Å². The molecule has 1 fully saturated rings. The van der Waals surface area contributed by atoms with Crippen molar-refractivity contribution in [1.29, 1.82) is 0 Å². The van der Waals surface area contributed by atoms with Gasteiger partial charge in [-0.15, -0.1) is 0 Å². The number of nitrogens with zero attached hydrogens (tertiary/aromatic N) is 1. The Kier molecular flexibility index (Phi) is 3.85. The molecule has 1 aromatic heterocycles. The van der Waals surface area contributed by atoms with Crippen molar-refractivity contribution in [2.45, 2.75) is 44.3 Å². The molecule has 1 saturated carbocycles. The Morgan fingerprint density at radius 3 is 2.59 bits per heavy atom. The number of nitrogens with two attached hydrogens (primary N) is 1. The van der Waals surface area contributed by atoms with Gasteiger partial charge in [0.15, 0.2) is 0 Å². The van der Waals surface area contributed by atoms with E-state index in [9.17, 15) is 13.2 Å². The molecule has 0 radical (unpaired) electrons. The molecular weight excluding hydrogens is 289 g/mol. The first kappa shape index (κ1) is 15.3. The molecule has 1 aliphatic rings. The van der Waals surface area contributed by atoms with Crippen LogP contribution in [0.2, 0.25) is 0 Å². The normalized spacial score (nSPS) is 26.3. The minimum absolute atomic E-state index is 0.0410. The molecule has 118 valence electrons. The quantitative estimate of drug-likeness (QED) is 0.843. The Morgan fingerprint density at radius 1 is 1.14 bits per heavy atom.